The maximum Gasteiger partial charge on any atom is 0.257 e. The van der Waals surface area contributed by atoms with Crippen molar-refractivity contribution < 1.29 is 9.90 Å². The first kappa shape index (κ1) is 13.9. The number of hydrogen-bond acceptors (Lipinski definition) is 3. The number of amides is 1. The van der Waals surface area contributed by atoms with E-state index in [1.807, 2.05) is 20.0 Å². The van der Waals surface area contributed by atoms with Gasteiger partial charge in [0.25, 0.3) is 5.91 Å². The van der Waals surface area contributed by atoms with Crippen molar-refractivity contribution in [1.29, 1.82) is 0 Å². The van der Waals surface area contributed by atoms with Crippen LogP contribution in [0.1, 0.15) is 41.6 Å². The Kier molecular flexibility index (Phi) is 4.10. The monoisotopic (exact) mass is 262 g/mol. The van der Waals surface area contributed by atoms with Gasteiger partial charge in [0.05, 0.1) is 5.56 Å². The molecule has 1 aliphatic carbocycles. The molecule has 1 amide bonds. The maximum atomic E-state index is 12.4. The van der Waals surface area contributed by atoms with Crippen molar-refractivity contribution in [2.75, 3.05) is 7.05 Å². The standard InChI is InChI=1S/C15H22N2O2/c1-10-3-8-13(14(18)9-10)15(19)17(2)12-6-4-11(16)5-7-12/h3,8-9,11-12,18H,4-7,16H2,1-2H3. The molecule has 0 aliphatic heterocycles. The number of phenolic OH excluding ortho intramolecular Hbond substituents is 1. The van der Waals surface area contributed by atoms with E-state index in [4.69, 9.17) is 5.73 Å². The number of rotatable bonds is 2. The second-order valence-electron chi connectivity index (χ2n) is 5.51. The van der Waals surface area contributed by atoms with Crippen LogP contribution in [0.3, 0.4) is 0 Å². The molecule has 0 aromatic heterocycles. The second kappa shape index (κ2) is 5.61. The number of carbonyl (C=O) groups excluding carboxylic acids is 1. The molecule has 0 saturated heterocycles. The van der Waals surface area contributed by atoms with Crippen molar-refractivity contribution in [1.82, 2.24) is 4.90 Å². The molecule has 1 aliphatic rings. The van der Waals surface area contributed by atoms with Crippen LogP contribution in [0, 0.1) is 6.92 Å². The van der Waals surface area contributed by atoms with E-state index in [0.29, 0.717) is 5.56 Å². The van der Waals surface area contributed by atoms with E-state index in [1.165, 1.54) is 0 Å². The molecule has 0 heterocycles. The highest BCUT2D eigenvalue weighted by atomic mass is 16.3. The highest BCUT2D eigenvalue weighted by Gasteiger charge is 2.26. The average Bonchev–Trinajstić information content (AvgIpc) is 2.38. The maximum absolute atomic E-state index is 12.4. The predicted molar refractivity (Wildman–Crippen MR) is 75.2 cm³/mol. The predicted octanol–water partition coefficient (Wildman–Crippen LogP) is 2.04. The molecule has 2 rings (SSSR count). The Morgan fingerprint density at radius 3 is 2.53 bits per heavy atom. The van der Waals surface area contributed by atoms with Crippen LogP contribution >= 0.6 is 0 Å². The average molecular weight is 262 g/mol. The number of aryl methyl sites for hydroxylation is 1. The smallest absolute Gasteiger partial charge is 0.257 e. The summed E-state index contributed by atoms with van der Waals surface area (Å²) in [6.45, 7) is 1.89. The van der Waals surface area contributed by atoms with Gasteiger partial charge in [-0.15, -0.1) is 0 Å². The largest absolute Gasteiger partial charge is 0.507 e. The molecule has 4 heteroatoms. The number of benzene rings is 1. The molecule has 1 fully saturated rings. The summed E-state index contributed by atoms with van der Waals surface area (Å²) in [5.74, 6) is -0.0534. The van der Waals surface area contributed by atoms with Crippen LogP contribution in [0.25, 0.3) is 0 Å². The first-order chi connectivity index (χ1) is 8.99. The fraction of sp³-hybridized carbons (Fsp3) is 0.533. The molecule has 1 saturated carbocycles. The van der Waals surface area contributed by atoms with Crippen LogP contribution in [-0.4, -0.2) is 35.0 Å². The van der Waals surface area contributed by atoms with Crippen molar-refractivity contribution in [3.05, 3.63) is 29.3 Å². The lowest BCUT2D eigenvalue weighted by Crippen LogP contribution is -2.41. The van der Waals surface area contributed by atoms with Gasteiger partial charge in [0.15, 0.2) is 0 Å². The quantitative estimate of drug-likeness (QED) is 0.857. The number of hydrogen-bond donors (Lipinski definition) is 2. The van der Waals surface area contributed by atoms with Gasteiger partial charge in [0, 0.05) is 19.1 Å². The zero-order valence-electron chi connectivity index (χ0n) is 11.6. The number of aromatic hydroxyl groups is 1. The molecule has 104 valence electrons. The van der Waals surface area contributed by atoms with Crippen molar-refractivity contribution >= 4 is 5.91 Å². The molecule has 1 aromatic carbocycles. The van der Waals surface area contributed by atoms with Crippen molar-refractivity contribution in [2.45, 2.75) is 44.7 Å². The van der Waals surface area contributed by atoms with Crippen LogP contribution in [-0.2, 0) is 0 Å². The summed E-state index contributed by atoms with van der Waals surface area (Å²) in [7, 11) is 1.81. The second-order valence-corrected chi connectivity index (χ2v) is 5.51. The molecule has 0 radical (unpaired) electrons. The zero-order chi connectivity index (χ0) is 14.0. The van der Waals surface area contributed by atoms with Crippen molar-refractivity contribution in [2.24, 2.45) is 5.73 Å². The Bertz CT molecular complexity index is 465. The molecule has 0 atom stereocenters. The first-order valence-electron chi connectivity index (χ1n) is 6.81. The topological polar surface area (TPSA) is 66.6 Å². The van der Waals surface area contributed by atoms with Gasteiger partial charge in [-0.2, -0.15) is 0 Å². The first-order valence-corrected chi connectivity index (χ1v) is 6.81. The van der Waals surface area contributed by atoms with Crippen molar-refractivity contribution in [3.63, 3.8) is 0 Å². The lowest BCUT2D eigenvalue weighted by molar-refractivity contribution is 0.0687. The van der Waals surface area contributed by atoms with Crippen LogP contribution in [0.4, 0.5) is 0 Å². The van der Waals surface area contributed by atoms with Crippen LogP contribution in [0.15, 0.2) is 18.2 Å². The van der Waals surface area contributed by atoms with Gasteiger partial charge in [-0.3, -0.25) is 4.79 Å². The van der Waals surface area contributed by atoms with Gasteiger partial charge in [-0.1, -0.05) is 6.07 Å². The molecule has 0 unspecified atom stereocenters. The lowest BCUT2D eigenvalue weighted by Gasteiger charge is -2.33. The number of nitrogens with zero attached hydrogens (tertiary/aromatic N) is 1. The van der Waals surface area contributed by atoms with Gasteiger partial charge in [-0.05, 0) is 50.3 Å². The van der Waals surface area contributed by atoms with Gasteiger partial charge in [-0.25, -0.2) is 0 Å². The molecular formula is C15H22N2O2. The Morgan fingerprint density at radius 2 is 1.95 bits per heavy atom. The minimum Gasteiger partial charge on any atom is -0.507 e. The molecule has 19 heavy (non-hydrogen) atoms. The van der Waals surface area contributed by atoms with Crippen molar-refractivity contribution in [3.8, 4) is 5.75 Å². The van der Waals surface area contributed by atoms with E-state index in [0.717, 1.165) is 31.2 Å². The number of nitrogens with two attached hydrogens (primary N) is 1. The summed E-state index contributed by atoms with van der Waals surface area (Å²) in [6.07, 6.45) is 3.80. The van der Waals surface area contributed by atoms with E-state index in [2.05, 4.69) is 0 Å². The molecule has 3 N–H and O–H groups in total. The lowest BCUT2D eigenvalue weighted by atomic mass is 9.90. The SMILES string of the molecule is Cc1ccc(C(=O)N(C)C2CCC(N)CC2)c(O)c1. The third-order valence-electron chi connectivity index (χ3n) is 3.99. The fourth-order valence-corrected chi connectivity index (χ4v) is 2.67. The molecular weight excluding hydrogens is 240 g/mol. The minimum atomic E-state index is -0.113. The Labute approximate surface area is 114 Å². The fourth-order valence-electron chi connectivity index (χ4n) is 2.67. The summed E-state index contributed by atoms with van der Waals surface area (Å²) >= 11 is 0. The van der Waals surface area contributed by atoms with Gasteiger partial charge < -0.3 is 15.7 Å². The highest BCUT2D eigenvalue weighted by Crippen LogP contribution is 2.25. The third-order valence-corrected chi connectivity index (χ3v) is 3.99. The normalized spacial score (nSPS) is 23.1. The molecule has 4 nitrogen and oxygen atoms in total. The number of phenols is 1. The summed E-state index contributed by atoms with van der Waals surface area (Å²) < 4.78 is 0. The highest BCUT2D eigenvalue weighted by molar-refractivity contribution is 5.96. The van der Waals surface area contributed by atoms with Crippen LogP contribution < -0.4 is 5.73 Å². The Balaban J connectivity index is 2.10. The third kappa shape index (κ3) is 3.07. The van der Waals surface area contributed by atoms with E-state index in [-0.39, 0.29) is 23.7 Å². The summed E-state index contributed by atoms with van der Waals surface area (Å²) in [5, 5.41) is 9.88. The van der Waals surface area contributed by atoms with Crippen LogP contribution in [0.2, 0.25) is 0 Å². The summed E-state index contributed by atoms with van der Waals surface area (Å²) in [5.41, 5.74) is 7.20. The van der Waals surface area contributed by atoms with E-state index >= 15 is 0 Å². The van der Waals surface area contributed by atoms with Gasteiger partial charge in [0.1, 0.15) is 5.75 Å². The zero-order valence-corrected chi connectivity index (χ0v) is 11.6. The van der Waals surface area contributed by atoms with E-state index in [9.17, 15) is 9.90 Å². The Hall–Kier alpha value is -1.55. The van der Waals surface area contributed by atoms with Crippen LogP contribution in [0.5, 0.6) is 5.75 Å². The van der Waals surface area contributed by atoms with E-state index < -0.39 is 0 Å². The van der Waals surface area contributed by atoms with Gasteiger partial charge in [0.2, 0.25) is 0 Å². The minimum absolute atomic E-state index is 0.0596. The van der Waals surface area contributed by atoms with E-state index in [1.54, 1.807) is 17.0 Å². The Morgan fingerprint density at radius 1 is 1.32 bits per heavy atom. The summed E-state index contributed by atoms with van der Waals surface area (Å²) in [6, 6.07) is 5.66. The molecule has 0 spiro atoms. The van der Waals surface area contributed by atoms with Gasteiger partial charge >= 0.3 is 0 Å². The summed E-state index contributed by atoms with van der Waals surface area (Å²) in [4.78, 5) is 14.1. The molecule has 1 aromatic rings. The molecule has 0 bridgehead atoms. The number of carbonyl (C=O) groups is 1.